The number of primary amides is 1. The first-order valence-electron chi connectivity index (χ1n) is 10.9. The van der Waals surface area contributed by atoms with Crippen molar-refractivity contribution in [3.8, 4) is 11.8 Å². The normalized spacial score (nSPS) is 21.3. The first-order valence-corrected chi connectivity index (χ1v) is 10.9. The van der Waals surface area contributed by atoms with Crippen LogP contribution in [0.5, 0.6) is 0 Å². The van der Waals surface area contributed by atoms with Crippen LogP contribution in [0.25, 0.3) is 10.9 Å². The number of aromatic nitrogens is 1. The van der Waals surface area contributed by atoms with E-state index in [1.807, 2.05) is 0 Å². The van der Waals surface area contributed by atoms with Crippen molar-refractivity contribution in [2.24, 2.45) is 5.73 Å². The number of halogens is 1. The molecule has 2 atom stereocenters. The van der Waals surface area contributed by atoms with Gasteiger partial charge in [0.25, 0.3) is 11.8 Å². The quantitative estimate of drug-likeness (QED) is 0.531. The first-order chi connectivity index (χ1) is 14.5. The van der Waals surface area contributed by atoms with Crippen molar-refractivity contribution in [2.75, 3.05) is 0 Å². The molecule has 2 aliphatic rings. The van der Waals surface area contributed by atoms with Gasteiger partial charge in [-0.2, -0.15) is 0 Å². The van der Waals surface area contributed by atoms with E-state index >= 15 is 4.39 Å². The Balaban J connectivity index is 1.79. The molecule has 5 nitrogen and oxygen atoms in total. The summed E-state index contributed by atoms with van der Waals surface area (Å²) < 4.78 is 15.5. The number of amides is 2. The van der Waals surface area contributed by atoms with E-state index in [2.05, 4.69) is 22.1 Å². The number of benzene rings is 1. The fourth-order valence-corrected chi connectivity index (χ4v) is 5.27. The van der Waals surface area contributed by atoms with Crippen LogP contribution in [0.1, 0.15) is 85.0 Å². The summed E-state index contributed by atoms with van der Waals surface area (Å²) in [5.41, 5.74) is 9.41. The van der Waals surface area contributed by atoms with Crippen molar-refractivity contribution < 1.29 is 14.0 Å². The van der Waals surface area contributed by atoms with Crippen LogP contribution in [0.15, 0.2) is 6.07 Å². The van der Waals surface area contributed by atoms with Gasteiger partial charge in [-0.05, 0) is 75.3 Å². The highest BCUT2D eigenvalue weighted by molar-refractivity contribution is 6.07. The minimum atomic E-state index is -0.617. The summed E-state index contributed by atoms with van der Waals surface area (Å²) in [5, 5.41) is 3.82. The number of hydrogen-bond donors (Lipinski definition) is 3. The summed E-state index contributed by atoms with van der Waals surface area (Å²) >= 11 is 0. The van der Waals surface area contributed by atoms with Crippen LogP contribution in [0.4, 0.5) is 4.39 Å². The predicted octanol–water partition coefficient (Wildman–Crippen LogP) is 3.84. The van der Waals surface area contributed by atoms with E-state index < -0.39 is 5.91 Å². The Labute approximate surface area is 176 Å². The van der Waals surface area contributed by atoms with Crippen molar-refractivity contribution in [3.05, 3.63) is 34.3 Å². The average Bonchev–Trinajstić information content (AvgIpc) is 2.90. The molecule has 0 bridgehead atoms. The van der Waals surface area contributed by atoms with Crippen LogP contribution in [0.2, 0.25) is 0 Å². The van der Waals surface area contributed by atoms with Gasteiger partial charge >= 0.3 is 0 Å². The average molecular weight is 410 g/mol. The molecular formula is C24H28FN3O2. The smallest absolute Gasteiger partial charge is 0.296 e. The van der Waals surface area contributed by atoms with Gasteiger partial charge in [-0.1, -0.05) is 18.8 Å². The maximum absolute atomic E-state index is 15.5. The third kappa shape index (κ3) is 3.81. The number of aromatic amines is 1. The maximum Gasteiger partial charge on any atom is 0.296 e. The lowest BCUT2D eigenvalue weighted by Crippen LogP contribution is -2.37. The molecule has 6 heteroatoms. The molecule has 158 valence electrons. The number of nitrogens with two attached hydrogens (primary N) is 1. The fraction of sp³-hybridized carbons (Fsp3) is 0.500. The molecule has 2 amide bonds. The highest BCUT2D eigenvalue weighted by Gasteiger charge is 2.31. The number of fused-ring (bicyclic) bond motifs is 3. The summed E-state index contributed by atoms with van der Waals surface area (Å²) in [7, 11) is 0. The minimum Gasteiger partial charge on any atom is -0.366 e. The predicted molar refractivity (Wildman–Crippen MR) is 115 cm³/mol. The highest BCUT2D eigenvalue weighted by Crippen LogP contribution is 2.42. The Bertz CT molecular complexity index is 1060. The summed E-state index contributed by atoms with van der Waals surface area (Å²) in [4.78, 5) is 27.4. The van der Waals surface area contributed by atoms with Crippen molar-refractivity contribution in [1.29, 1.82) is 0 Å². The molecule has 2 aliphatic carbocycles. The standard InChI is InChI=1S/C24H28FN3O2/c1-2-7-20(29)27-15-9-6-8-14(12-15)21-18(25)13-17(24(26)30)23-22(21)16-10-4-3-5-11-19(16)28-23/h13-15,28H,3-6,8-12H2,1H3,(H2,26,30)(H,27,29)/t14?,15-/m0/s1. The lowest BCUT2D eigenvalue weighted by molar-refractivity contribution is -0.116. The zero-order valence-electron chi connectivity index (χ0n) is 17.4. The Morgan fingerprint density at radius 3 is 2.77 bits per heavy atom. The molecule has 0 saturated heterocycles. The fourth-order valence-electron chi connectivity index (χ4n) is 5.27. The lowest BCUT2D eigenvalue weighted by Gasteiger charge is -2.30. The van der Waals surface area contributed by atoms with Crippen LogP contribution >= 0.6 is 0 Å². The van der Waals surface area contributed by atoms with Crippen LogP contribution in [0.3, 0.4) is 0 Å². The second-order valence-corrected chi connectivity index (χ2v) is 8.49. The minimum absolute atomic E-state index is 0.0220. The molecule has 1 aromatic carbocycles. The van der Waals surface area contributed by atoms with E-state index in [-0.39, 0.29) is 29.2 Å². The highest BCUT2D eigenvalue weighted by atomic mass is 19.1. The van der Waals surface area contributed by atoms with Gasteiger partial charge in [0.2, 0.25) is 0 Å². The van der Waals surface area contributed by atoms with E-state index in [1.54, 1.807) is 6.92 Å². The number of H-pyrrole nitrogens is 1. The van der Waals surface area contributed by atoms with Gasteiger partial charge in [0.15, 0.2) is 0 Å². The number of rotatable bonds is 3. The molecule has 0 radical (unpaired) electrons. The molecule has 1 fully saturated rings. The van der Waals surface area contributed by atoms with Gasteiger partial charge in [0.1, 0.15) is 5.82 Å². The van der Waals surface area contributed by atoms with Crippen molar-refractivity contribution >= 4 is 22.7 Å². The Kier molecular flexibility index (Phi) is 5.80. The van der Waals surface area contributed by atoms with E-state index in [9.17, 15) is 9.59 Å². The summed E-state index contributed by atoms with van der Waals surface area (Å²) in [6.07, 6.45) is 8.36. The third-order valence-corrected chi connectivity index (χ3v) is 6.53. The lowest BCUT2D eigenvalue weighted by atomic mass is 9.78. The molecule has 1 aromatic heterocycles. The second kappa shape index (κ2) is 8.51. The molecule has 0 aliphatic heterocycles. The van der Waals surface area contributed by atoms with E-state index in [0.717, 1.165) is 68.0 Å². The van der Waals surface area contributed by atoms with Crippen molar-refractivity contribution in [1.82, 2.24) is 10.3 Å². The van der Waals surface area contributed by atoms with Gasteiger partial charge in [-0.15, -0.1) is 0 Å². The third-order valence-electron chi connectivity index (χ3n) is 6.53. The molecule has 2 aromatic rings. The molecule has 4 rings (SSSR count). The van der Waals surface area contributed by atoms with Crippen LogP contribution in [0, 0.1) is 17.7 Å². The largest absolute Gasteiger partial charge is 0.366 e. The van der Waals surface area contributed by atoms with E-state index in [4.69, 9.17) is 5.73 Å². The second-order valence-electron chi connectivity index (χ2n) is 8.49. The number of carbonyl (C=O) groups is 2. The van der Waals surface area contributed by atoms with Gasteiger partial charge in [0, 0.05) is 22.7 Å². The number of nitrogens with one attached hydrogen (secondary N) is 2. The van der Waals surface area contributed by atoms with Gasteiger partial charge in [0.05, 0.1) is 11.1 Å². The molecule has 0 spiro atoms. The number of carbonyl (C=O) groups excluding carboxylic acids is 2. The molecule has 1 unspecified atom stereocenters. The molecule has 1 heterocycles. The Hall–Kier alpha value is -2.81. The first kappa shape index (κ1) is 20.5. The van der Waals surface area contributed by atoms with Crippen molar-refractivity contribution in [3.63, 3.8) is 0 Å². The van der Waals surface area contributed by atoms with Gasteiger partial charge in [-0.25, -0.2) is 4.39 Å². The van der Waals surface area contributed by atoms with E-state index in [0.29, 0.717) is 17.5 Å². The molecule has 30 heavy (non-hydrogen) atoms. The number of aryl methyl sites for hydroxylation is 2. The Morgan fingerprint density at radius 1 is 1.20 bits per heavy atom. The van der Waals surface area contributed by atoms with Crippen molar-refractivity contribution in [2.45, 2.75) is 76.7 Å². The van der Waals surface area contributed by atoms with Crippen LogP contribution in [-0.4, -0.2) is 22.8 Å². The maximum atomic E-state index is 15.5. The van der Waals surface area contributed by atoms with Gasteiger partial charge < -0.3 is 16.0 Å². The monoisotopic (exact) mass is 409 g/mol. The summed E-state index contributed by atoms with van der Waals surface area (Å²) in [6, 6.07) is 1.26. The van der Waals surface area contributed by atoms with Crippen LogP contribution in [-0.2, 0) is 17.6 Å². The molecule has 1 saturated carbocycles. The number of hydrogen-bond acceptors (Lipinski definition) is 2. The SMILES string of the molecule is CC#CC(=O)N[C@H]1CCCC(c2c(F)cc(C(N)=O)c3[nH]c4c(c23)CCCCC4)C1. The van der Waals surface area contributed by atoms with Gasteiger partial charge in [-0.3, -0.25) is 9.59 Å². The summed E-state index contributed by atoms with van der Waals surface area (Å²) in [6.45, 7) is 1.63. The zero-order chi connectivity index (χ0) is 21.3. The van der Waals surface area contributed by atoms with E-state index in [1.165, 1.54) is 6.07 Å². The summed E-state index contributed by atoms with van der Waals surface area (Å²) in [5.74, 6) is 3.85. The molecular weight excluding hydrogens is 381 g/mol. The zero-order valence-corrected chi connectivity index (χ0v) is 17.4. The van der Waals surface area contributed by atoms with Crippen LogP contribution < -0.4 is 11.1 Å². The Morgan fingerprint density at radius 2 is 2.00 bits per heavy atom. The molecule has 4 N–H and O–H groups in total. The topological polar surface area (TPSA) is 88.0 Å².